The van der Waals surface area contributed by atoms with Gasteiger partial charge in [0.1, 0.15) is 22.5 Å². The van der Waals surface area contributed by atoms with E-state index < -0.39 is 24.0 Å². The van der Waals surface area contributed by atoms with Crippen molar-refractivity contribution in [3.05, 3.63) is 87.3 Å². The fourth-order valence-corrected chi connectivity index (χ4v) is 6.05. The maximum absolute atomic E-state index is 13.6. The van der Waals surface area contributed by atoms with Crippen molar-refractivity contribution in [1.82, 2.24) is 40.6 Å². The number of rotatable bonds is 5. The molecule has 3 aromatic heterocycles. The number of carbonyl (C=O) groups excluding carboxylic acids is 3. The molecule has 15 heteroatoms. The Morgan fingerprint density at radius 3 is 2.44 bits per heavy atom. The van der Waals surface area contributed by atoms with Crippen LogP contribution < -0.4 is 16.0 Å². The lowest BCUT2D eigenvalue weighted by Crippen LogP contribution is -2.48. The summed E-state index contributed by atoms with van der Waals surface area (Å²) in [6, 6.07) is 8.54. The summed E-state index contributed by atoms with van der Waals surface area (Å²) in [5, 5.41) is 23.1. The number of hydrogen-bond acceptors (Lipinski definition) is 10. The second kappa shape index (κ2) is 16.3. The van der Waals surface area contributed by atoms with E-state index in [1.54, 1.807) is 30.1 Å². The zero-order chi connectivity index (χ0) is 35.0. The Kier molecular flexibility index (Phi) is 12.2. The van der Waals surface area contributed by atoms with Gasteiger partial charge in [-0.2, -0.15) is 5.10 Å². The SMILES string of the molecule is CC(=O)O.Cc1oc2nc1C(=O)N[C@H](C)c1nc(cs1)C(=O)N[C@H](Cc1ccccc1)CN(Cc1cnn(C)c1)CC(=O)N[C@H]2C(C)C. The Morgan fingerprint density at radius 2 is 1.79 bits per heavy atom. The molecule has 14 nitrogen and oxygen atoms in total. The number of amides is 3. The largest absolute Gasteiger partial charge is 0.481 e. The summed E-state index contributed by atoms with van der Waals surface area (Å²) in [6.07, 6.45) is 4.23. The van der Waals surface area contributed by atoms with Gasteiger partial charge >= 0.3 is 0 Å². The van der Waals surface area contributed by atoms with Gasteiger partial charge in [-0.25, -0.2) is 9.97 Å². The van der Waals surface area contributed by atoms with E-state index in [9.17, 15) is 14.4 Å². The van der Waals surface area contributed by atoms with Crippen LogP contribution in [-0.4, -0.2) is 72.6 Å². The molecule has 4 bridgehead atoms. The fourth-order valence-electron chi connectivity index (χ4n) is 5.24. The van der Waals surface area contributed by atoms with Crippen LogP contribution in [-0.2, 0) is 29.6 Å². The van der Waals surface area contributed by atoms with E-state index in [1.165, 1.54) is 11.3 Å². The van der Waals surface area contributed by atoms with Crippen molar-refractivity contribution < 1.29 is 28.7 Å². The zero-order valence-electron chi connectivity index (χ0n) is 27.9. The molecule has 48 heavy (non-hydrogen) atoms. The second-order valence-electron chi connectivity index (χ2n) is 12.1. The number of aryl methyl sites for hydroxylation is 2. The normalized spacial score (nSPS) is 19.3. The molecule has 256 valence electrons. The highest BCUT2D eigenvalue weighted by atomic mass is 32.1. The number of aliphatic carboxylic acids is 1. The van der Waals surface area contributed by atoms with Crippen LogP contribution in [0.3, 0.4) is 0 Å². The lowest BCUT2D eigenvalue weighted by molar-refractivity contribution is -0.134. The van der Waals surface area contributed by atoms with Crippen molar-refractivity contribution in [2.24, 2.45) is 13.0 Å². The summed E-state index contributed by atoms with van der Waals surface area (Å²) in [4.78, 5) is 60.3. The van der Waals surface area contributed by atoms with E-state index in [1.807, 2.05) is 62.3 Å². The molecule has 3 atom stereocenters. The van der Waals surface area contributed by atoms with E-state index in [0.29, 0.717) is 30.3 Å². The summed E-state index contributed by atoms with van der Waals surface area (Å²) in [5.74, 6) is -1.26. The van der Waals surface area contributed by atoms with Crippen molar-refractivity contribution in [1.29, 1.82) is 0 Å². The van der Waals surface area contributed by atoms with Crippen molar-refractivity contribution in [2.45, 2.75) is 65.7 Å². The summed E-state index contributed by atoms with van der Waals surface area (Å²) in [7, 11) is 1.84. The van der Waals surface area contributed by atoms with Gasteiger partial charge in [0.25, 0.3) is 17.8 Å². The topological polar surface area (TPSA) is 185 Å². The van der Waals surface area contributed by atoms with Crippen molar-refractivity contribution in [3.63, 3.8) is 0 Å². The third-order valence-corrected chi connectivity index (χ3v) is 8.45. The lowest BCUT2D eigenvalue weighted by atomic mass is 10.0. The van der Waals surface area contributed by atoms with Gasteiger partial charge in [0.05, 0.1) is 18.8 Å². The fraction of sp³-hybridized carbons (Fsp3) is 0.424. The predicted molar refractivity (Wildman–Crippen MR) is 178 cm³/mol. The molecule has 1 aromatic carbocycles. The monoisotopic (exact) mass is 678 g/mol. The summed E-state index contributed by atoms with van der Waals surface area (Å²) >= 11 is 1.30. The number of oxazole rings is 1. The van der Waals surface area contributed by atoms with E-state index in [2.05, 4.69) is 31.0 Å². The molecule has 4 heterocycles. The van der Waals surface area contributed by atoms with Crippen molar-refractivity contribution in [2.75, 3.05) is 13.1 Å². The van der Waals surface area contributed by atoms with Gasteiger partial charge in [0.15, 0.2) is 5.69 Å². The number of carboxylic acids is 1. The average Bonchev–Trinajstić information content (AvgIpc) is 3.75. The van der Waals surface area contributed by atoms with Crippen LogP contribution >= 0.6 is 11.3 Å². The second-order valence-corrected chi connectivity index (χ2v) is 13.0. The zero-order valence-corrected chi connectivity index (χ0v) is 28.7. The summed E-state index contributed by atoms with van der Waals surface area (Å²) in [5.41, 5.74) is 2.39. The van der Waals surface area contributed by atoms with Crippen molar-refractivity contribution >= 4 is 35.0 Å². The number of nitrogens with zero attached hydrogens (tertiary/aromatic N) is 5. The molecule has 0 radical (unpaired) electrons. The predicted octanol–water partition coefficient (Wildman–Crippen LogP) is 3.43. The number of aromatic nitrogens is 4. The van der Waals surface area contributed by atoms with Crippen LogP contribution in [0.25, 0.3) is 0 Å². The molecule has 0 aliphatic carbocycles. The van der Waals surface area contributed by atoms with Gasteiger partial charge in [0.2, 0.25) is 11.8 Å². The van der Waals surface area contributed by atoms with Gasteiger partial charge < -0.3 is 25.5 Å². The van der Waals surface area contributed by atoms with Gasteiger partial charge in [-0.05, 0) is 31.7 Å². The molecule has 3 amide bonds. The highest BCUT2D eigenvalue weighted by Crippen LogP contribution is 2.25. The number of benzene rings is 1. The van der Waals surface area contributed by atoms with Crippen LogP contribution in [0.4, 0.5) is 0 Å². The first-order valence-corrected chi connectivity index (χ1v) is 16.4. The minimum Gasteiger partial charge on any atom is -0.481 e. The number of fused-ring (bicyclic) bond motifs is 4. The first-order valence-electron chi connectivity index (χ1n) is 15.6. The molecule has 4 N–H and O–H groups in total. The first kappa shape index (κ1) is 36.0. The Bertz CT molecular complexity index is 1710. The van der Waals surface area contributed by atoms with Crippen LogP contribution in [0.2, 0.25) is 0 Å². The maximum Gasteiger partial charge on any atom is 0.300 e. The molecule has 0 fully saturated rings. The lowest BCUT2D eigenvalue weighted by Gasteiger charge is -2.28. The minimum atomic E-state index is -0.833. The number of hydrogen-bond donors (Lipinski definition) is 4. The first-order chi connectivity index (χ1) is 22.8. The number of carbonyl (C=O) groups is 4. The van der Waals surface area contributed by atoms with Gasteiger partial charge in [-0.3, -0.25) is 28.8 Å². The van der Waals surface area contributed by atoms with E-state index >= 15 is 0 Å². The molecule has 0 saturated carbocycles. The number of nitrogens with one attached hydrogen (secondary N) is 3. The Morgan fingerprint density at radius 1 is 1.08 bits per heavy atom. The molecular weight excluding hydrogens is 636 g/mol. The maximum atomic E-state index is 13.6. The van der Waals surface area contributed by atoms with Crippen LogP contribution in [0.1, 0.15) is 88.5 Å². The molecule has 0 saturated heterocycles. The molecule has 1 aliphatic heterocycles. The van der Waals surface area contributed by atoms with Crippen LogP contribution in [0, 0.1) is 12.8 Å². The van der Waals surface area contributed by atoms with E-state index in [4.69, 9.17) is 14.3 Å². The highest BCUT2D eigenvalue weighted by molar-refractivity contribution is 7.09. The standard InChI is InChI=1S/C31H38N8O4S.C2H4O2/c1-18(2)26-30-37-27(20(4)43-30)29(42)33-19(3)31-35-24(17-44-31)28(41)34-23(11-21-9-7-6-8-10-21)15-39(16-25(40)36-26)14-22-12-32-38(5)13-22;1-2(3)4/h6-10,12-13,17-19,23,26H,11,14-16H2,1-5H3,(H,33,42)(H,34,41)(H,36,40);1H3,(H,3,4)/t19-,23-,26+;/m1./s1. The summed E-state index contributed by atoms with van der Waals surface area (Å²) in [6.45, 7) is 9.35. The molecule has 0 spiro atoms. The van der Waals surface area contributed by atoms with Crippen LogP contribution in [0.15, 0.2) is 52.5 Å². The smallest absolute Gasteiger partial charge is 0.300 e. The van der Waals surface area contributed by atoms with E-state index in [0.717, 1.165) is 18.1 Å². The molecule has 5 rings (SSSR count). The molecule has 1 aliphatic rings. The Labute approximate surface area is 283 Å². The molecular formula is C33H42N8O6S. The van der Waals surface area contributed by atoms with Gasteiger partial charge in [0, 0.05) is 50.2 Å². The highest BCUT2D eigenvalue weighted by Gasteiger charge is 2.29. The third kappa shape index (κ3) is 10.1. The third-order valence-electron chi connectivity index (χ3n) is 7.42. The van der Waals surface area contributed by atoms with E-state index in [-0.39, 0.29) is 47.6 Å². The molecule has 0 unspecified atom stereocenters. The van der Waals surface area contributed by atoms with Crippen molar-refractivity contribution in [3.8, 4) is 0 Å². The van der Waals surface area contributed by atoms with Gasteiger partial charge in [-0.15, -0.1) is 11.3 Å². The number of thiazole rings is 1. The van der Waals surface area contributed by atoms with Crippen LogP contribution in [0.5, 0.6) is 0 Å². The average molecular weight is 679 g/mol. The minimum absolute atomic E-state index is 0.0463. The quantitative estimate of drug-likeness (QED) is 0.244. The Hall–Kier alpha value is -4.89. The summed E-state index contributed by atoms with van der Waals surface area (Å²) < 4.78 is 7.65. The molecule has 4 aromatic rings. The van der Waals surface area contributed by atoms with Gasteiger partial charge in [-0.1, -0.05) is 44.2 Å². The number of carboxylic acid groups (broad SMARTS) is 1. The Balaban J connectivity index is 0.00000123.